The maximum Gasteiger partial charge on any atom is 0.256 e. The largest absolute Gasteiger partial charge is 0.331 e. The van der Waals surface area contributed by atoms with E-state index in [9.17, 15) is 4.79 Å². The minimum absolute atomic E-state index is 0.0377. The summed E-state index contributed by atoms with van der Waals surface area (Å²) in [5, 5.41) is 6.02. The van der Waals surface area contributed by atoms with Gasteiger partial charge in [-0.3, -0.25) is 4.79 Å². The zero-order valence-corrected chi connectivity index (χ0v) is 14.2. The van der Waals surface area contributed by atoms with E-state index in [0.717, 1.165) is 28.7 Å². The summed E-state index contributed by atoms with van der Waals surface area (Å²) >= 11 is 0. The number of para-hydroxylation sites is 1. The fourth-order valence-electron chi connectivity index (χ4n) is 2.80. The Morgan fingerprint density at radius 1 is 1.09 bits per heavy atom. The molecule has 0 saturated heterocycles. The highest BCUT2D eigenvalue weighted by Gasteiger charge is 2.33. The van der Waals surface area contributed by atoms with E-state index in [2.05, 4.69) is 26.2 Å². The maximum atomic E-state index is 12.5. The van der Waals surface area contributed by atoms with E-state index in [4.69, 9.17) is 0 Å². The second-order valence-corrected chi connectivity index (χ2v) is 7.14. The van der Waals surface area contributed by atoms with Crippen LogP contribution < -0.4 is 5.01 Å². The molecule has 0 radical (unpaired) electrons. The van der Waals surface area contributed by atoms with E-state index in [-0.39, 0.29) is 11.8 Å². The summed E-state index contributed by atoms with van der Waals surface area (Å²) in [7, 11) is 6.65. The SMILES string of the molecule is CC1=NN(c2ccccc2)C(=O)C1CCCCC[N+](C)(C)C. The van der Waals surface area contributed by atoms with Gasteiger partial charge in [-0.05, 0) is 38.3 Å². The minimum Gasteiger partial charge on any atom is -0.331 e. The smallest absolute Gasteiger partial charge is 0.256 e. The Labute approximate surface area is 134 Å². The molecule has 1 aromatic rings. The third-order valence-corrected chi connectivity index (χ3v) is 4.09. The van der Waals surface area contributed by atoms with Gasteiger partial charge in [0.25, 0.3) is 5.91 Å². The molecule has 1 heterocycles. The number of carbonyl (C=O) groups is 1. The van der Waals surface area contributed by atoms with Crippen LogP contribution in [-0.2, 0) is 4.79 Å². The first-order valence-electron chi connectivity index (χ1n) is 8.13. The molecule has 0 aromatic heterocycles. The molecule has 0 fully saturated rings. The zero-order chi connectivity index (χ0) is 16.2. The minimum atomic E-state index is -0.0377. The van der Waals surface area contributed by atoms with E-state index in [0.29, 0.717) is 0 Å². The van der Waals surface area contributed by atoms with Gasteiger partial charge in [0.2, 0.25) is 0 Å². The molecule has 0 bridgehead atoms. The van der Waals surface area contributed by atoms with E-state index >= 15 is 0 Å². The van der Waals surface area contributed by atoms with Crippen molar-refractivity contribution in [2.45, 2.75) is 32.6 Å². The summed E-state index contributed by atoms with van der Waals surface area (Å²) in [5.74, 6) is 0.0830. The Kier molecular flexibility index (Phi) is 5.35. The highest BCUT2D eigenvalue weighted by atomic mass is 16.2. The molecule has 1 amide bonds. The van der Waals surface area contributed by atoms with Crippen molar-refractivity contribution in [1.82, 2.24) is 0 Å². The highest BCUT2D eigenvalue weighted by molar-refractivity contribution is 6.14. The number of hydrazone groups is 1. The van der Waals surface area contributed by atoms with Crippen LogP contribution in [0.1, 0.15) is 32.6 Å². The third-order valence-electron chi connectivity index (χ3n) is 4.09. The normalized spacial score (nSPS) is 18.7. The third kappa shape index (κ3) is 4.41. The summed E-state index contributed by atoms with van der Waals surface area (Å²) in [6.07, 6.45) is 4.39. The standard InChI is InChI=1S/C18H28N3O/c1-15-17(13-9-6-10-14-21(2,3)4)18(22)20(19-15)16-11-7-5-8-12-16/h5,7-8,11-12,17H,6,9-10,13-14H2,1-4H3/q+1. The average molecular weight is 302 g/mol. The van der Waals surface area contributed by atoms with E-state index in [1.54, 1.807) is 5.01 Å². The van der Waals surface area contributed by atoms with Crippen LogP contribution in [0.2, 0.25) is 0 Å². The van der Waals surface area contributed by atoms with Crippen LogP contribution in [0, 0.1) is 5.92 Å². The van der Waals surface area contributed by atoms with Gasteiger partial charge in [0, 0.05) is 5.71 Å². The Balaban J connectivity index is 1.84. The molecule has 0 N–H and O–H groups in total. The molecule has 1 atom stereocenters. The average Bonchev–Trinajstić information content (AvgIpc) is 2.74. The summed E-state index contributed by atoms with van der Waals surface area (Å²) < 4.78 is 1.00. The maximum absolute atomic E-state index is 12.5. The van der Waals surface area contributed by atoms with Crippen molar-refractivity contribution in [3.63, 3.8) is 0 Å². The van der Waals surface area contributed by atoms with Gasteiger partial charge in [-0.15, -0.1) is 0 Å². The lowest BCUT2D eigenvalue weighted by molar-refractivity contribution is -0.870. The fraction of sp³-hybridized carbons (Fsp3) is 0.556. The molecule has 0 saturated carbocycles. The predicted octanol–water partition coefficient (Wildman–Crippen LogP) is 3.29. The van der Waals surface area contributed by atoms with Gasteiger partial charge in [0.05, 0.1) is 39.3 Å². The molecule has 0 spiro atoms. The molecule has 4 heteroatoms. The van der Waals surface area contributed by atoms with Crippen molar-refractivity contribution in [3.05, 3.63) is 30.3 Å². The van der Waals surface area contributed by atoms with Gasteiger partial charge in [0.1, 0.15) is 0 Å². The van der Waals surface area contributed by atoms with Crippen LogP contribution in [0.4, 0.5) is 5.69 Å². The fourth-order valence-corrected chi connectivity index (χ4v) is 2.80. The van der Waals surface area contributed by atoms with Crippen LogP contribution in [0.3, 0.4) is 0 Å². The summed E-state index contributed by atoms with van der Waals surface area (Å²) in [4.78, 5) is 12.5. The van der Waals surface area contributed by atoms with Gasteiger partial charge in [-0.1, -0.05) is 24.6 Å². The van der Waals surface area contributed by atoms with Crippen molar-refractivity contribution < 1.29 is 9.28 Å². The lowest BCUT2D eigenvalue weighted by atomic mass is 9.97. The molecular formula is C18H28N3O+. The lowest BCUT2D eigenvalue weighted by Gasteiger charge is -2.23. The second-order valence-electron chi connectivity index (χ2n) is 7.14. The Morgan fingerprint density at radius 3 is 2.41 bits per heavy atom. The van der Waals surface area contributed by atoms with Crippen LogP contribution in [0.5, 0.6) is 0 Å². The number of carbonyl (C=O) groups excluding carboxylic acids is 1. The first kappa shape index (κ1) is 16.7. The van der Waals surface area contributed by atoms with E-state index in [1.807, 2.05) is 37.3 Å². The summed E-state index contributed by atoms with van der Waals surface area (Å²) in [5.41, 5.74) is 1.81. The molecule has 0 aliphatic carbocycles. The molecule has 22 heavy (non-hydrogen) atoms. The van der Waals surface area contributed by atoms with Crippen molar-refractivity contribution in [2.24, 2.45) is 11.0 Å². The number of hydrogen-bond acceptors (Lipinski definition) is 2. The predicted molar refractivity (Wildman–Crippen MR) is 91.9 cm³/mol. The number of benzene rings is 1. The zero-order valence-electron chi connectivity index (χ0n) is 14.2. The van der Waals surface area contributed by atoms with E-state index < -0.39 is 0 Å². The number of unbranched alkanes of at least 4 members (excludes halogenated alkanes) is 2. The van der Waals surface area contributed by atoms with Crippen LogP contribution >= 0.6 is 0 Å². The monoisotopic (exact) mass is 302 g/mol. The molecule has 1 aromatic carbocycles. The number of anilines is 1. The van der Waals surface area contributed by atoms with Crippen molar-refractivity contribution in [1.29, 1.82) is 0 Å². The van der Waals surface area contributed by atoms with Gasteiger partial charge in [-0.25, -0.2) is 5.01 Å². The molecule has 1 aliphatic rings. The number of quaternary nitrogens is 1. The molecule has 2 rings (SSSR count). The molecule has 120 valence electrons. The van der Waals surface area contributed by atoms with Gasteiger partial charge < -0.3 is 4.48 Å². The van der Waals surface area contributed by atoms with Gasteiger partial charge in [0.15, 0.2) is 0 Å². The first-order chi connectivity index (χ1) is 10.4. The Morgan fingerprint density at radius 2 is 1.77 bits per heavy atom. The van der Waals surface area contributed by atoms with Crippen molar-refractivity contribution >= 4 is 17.3 Å². The Hall–Kier alpha value is -1.68. The van der Waals surface area contributed by atoms with Crippen LogP contribution in [-0.4, -0.2) is 43.8 Å². The topological polar surface area (TPSA) is 32.7 Å². The number of hydrogen-bond donors (Lipinski definition) is 0. The van der Waals surface area contributed by atoms with Gasteiger partial charge in [-0.2, -0.15) is 5.10 Å². The van der Waals surface area contributed by atoms with Crippen molar-refractivity contribution in [3.8, 4) is 0 Å². The van der Waals surface area contributed by atoms with E-state index in [1.165, 1.54) is 19.4 Å². The summed E-state index contributed by atoms with van der Waals surface area (Å²) in [6.45, 7) is 3.15. The van der Waals surface area contributed by atoms with Crippen LogP contribution in [0.15, 0.2) is 35.4 Å². The molecule has 4 nitrogen and oxygen atoms in total. The number of amides is 1. The second kappa shape index (κ2) is 7.05. The molecule has 1 unspecified atom stereocenters. The number of nitrogens with zero attached hydrogens (tertiary/aromatic N) is 3. The quantitative estimate of drug-likeness (QED) is 0.562. The number of rotatable bonds is 7. The highest BCUT2D eigenvalue weighted by Crippen LogP contribution is 2.26. The molecule has 1 aliphatic heterocycles. The van der Waals surface area contributed by atoms with Gasteiger partial charge >= 0.3 is 0 Å². The summed E-state index contributed by atoms with van der Waals surface area (Å²) in [6, 6.07) is 9.68. The Bertz CT molecular complexity index is 531. The van der Waals surface area contributed by atoms with Crippen molar-refractivity contribution in [2.75, 3.05) is 32.7 Å². The van der Waals surface area contributed by atoms with Crippen LogP contribution in [0.25, 0.3) is 0 Å². The first-order valence-corrected chi connectivity index (χ1v) is 8.13. The lowest BCUT2D eigenvalue weighted by Crippen LogP contribution is -2.35. The molecular weight excluding hydrogens is 274 g/mol.